The molecule has 0 atom stereocenters. The van der Waals surface area contributed by atoms with E-state index in [1.54, 1.807) is 0 Å². The second-order valence-corrected chi connectivity index (χ2v) is 5.30. The van der Waals surface area contributed by atoms with Crippen molar-refractivity contribution in [1.29, 1.82) is 0 Å². The molecule has 0 bridgehead atoms. The van der Waals surface area contributed by atoms with Gasteiger partial charge in [0.15, 0.2) is 0 Å². The number of carbonyl (C=O) groups excluding carboxylic acids is 1. The Bertz CT molecular complexity index is 557. The van der Waals surface area contributed by atoms with Crippen molar-refractivity contribution in [2.45, 2.75) is 55.0 Å². The van der Waals surface area contributed by atoms with E-state index in [0.29, 0.717) is 0 Å². The quantitative estimate of drug-likeness (QED) is 0.460. The summed E-state index contributed by atoms with van der Waals surface area (Å²) in [5.41, 5.74) is -6.02. The number of alkyl halides is 14. The molecule has 0 aromatic heterocycles. The molecule has 0 aromatic carbocycles. The molecule has 28 heavy (non-hydrogen) atoms. The predicted molar refractivity (Wildman–Crippen MR) is 58.1 cm³/mol. The first-order chi connectivity index (χ1) is 11.9. The van der Waals surface area contributed by atoms with Crippen molar-refractivity contribution in [3.05, 3.63) is 0 Å². The van der Waals surface area contributed by atoms with Crippen LogP contribution in [-0.4, -0.2) is 59.3 Å². The van der Waals surface area contributed by atoms with Crippen LogP contribution in [0.3, 0.4) is 0 Å². The van der Waals surface area contributed by atoms with Gasteiger partial charge in [-0.3, -0.25) is 0 Å². The van der Waals surface area contributed by atoms with Crippen LogP contribution in [0.2, 0.25) is 0 Å². The van der Waals surface area contributed by atoms with Gasteiger partial charge in [-0.05, 0) is 0 Å². The standard InChI is InChI=1S/C11H8F14O3/c1-5(12,13)8(16,17)9(18,19)7(14,15)4(27)28-6(2-3-26,10(20,21)22)11(23,24)25/h26H,2-3H2,1H3. The van der Waals surface area contributed by atoms with Gasteiger partial charge in [0.25, 0.3) is 0 Å². The lowest BCUT2D eigenvalue weighted by atomic mass is 9.96. The number of halogens is 14. The Morgan fingerprint density at radius 2 is 1.11 bits per heavy atom. The average Bonchev–Trinajstić information content (AvgIpc) is 2.42. The van der Waals surface area contributed by atoms with Crippen LogP contribution in [-0.2, 0) is 9.53 Å². The third-order valence-corrected chi connectivity index (χ3v) is 3.24. The number of ether oxygens (including phenoxy) is 1. The van der Waals surface area contributed by atoms with Crippen molar-refractivity contribution >= 4 is 5.97 Å². The number of carbonyl (C=O) groups is 1. The van der Waals surface area contributed by atoms with Gasteiger partial charge in [0.05, 0.1) is 0 Å². The van der Waals surface area contributed by atoms with E-state index in [0.717, 1.165) is 0 Å². The maximum atomic E-state index is 13.3. The van der Waals surface area contributed by atoms with Gasteiger partial charge in [-0.1, -0.05) is 0 Å². The minimum atomic E-state index is -7.47. The molecule has 0 radical (unpaired) electrons. The van der Waals surface area contributed by atoms with Crippen molar-refractivity contribution in [1.82, 2.24) is 0 Å². The first-order valence-corrected chi connectivity index (χ1v) is 6.43. The molecule has 0 saturated carbocycles. The van der Waals surface area contributed by atoms with Crippen LogP contribution in [0.5, 0.6) is 0 Å². The number of rotatable bonds is 7. The molecule has 0 saturated heterocycles. The monoisotopic (exact) mass is 454 g/mol. The molecular weight excluding hydrogens is 446 g/mol. The van der Waals surface area contributed by atoms with Gasteiger partial charge >= 0.3 is 47.6 Å². The molecule has 0 aliphatic carbocycles. The maximum absolute atomic E-state index is 13.3. The number of hydrogen-bond donors (Lipinski definition) is 1. The van der Waals surface area contributed by atoms with Crippen LogP contribution in [0, 0.1) is 0 Å². The normalized spacial score (nSPS) is 15.6. The smallest absolute Gasteiger partial charge is 0.435 e. The zero-order valence-electron chi connectivity index (χ0n) is 13.0. The Hall–Kier alpha value is -1.55. The summed E-state index contributed by atoms with van der Waals surface area (Å²) >= 11 is 0. The molecule has 0 rings (SSSR count). The van der Waals surface area contributed by atoms with Crippen molar-refractivity contribution in [2.24, 2.45) is 0 Å². The van der Waals surface area contributed by atoms with E-state index in [-0.39, 0.29) is 0 Å². The Labute approximate surface area is 145 Å². The Morgan fingerprint density at radius 3 is 1.36 bits per heavy atom. The molecule has 17 heteroatoms. The summed E-state index contributed by atoms with van der Waals surface area (Å²) in [6.45, 7) is -3.18. The van der Waals surface area contributed by atoms with Gasteiger partial charge in [0, 0.05) is 20.0 Å². The second kappa shape index (κ2) is 7.05. The Balaban J connectivity index is 6.39. The van der Waals surface area contributed by atoms with Crippen molar-refractivity contribution in [3.8, 4) is 0 Å². The summed E-state index contributed by atoms with van der Waals surface area (Å²) in [6.07, 6.45) is -16.5. The molecule has 0 aliphatic rings. The largest absolute Gasteiger partial charge is 0.437 e. The molecule has 0 aromatic rings. The van der Waals surface area contributed by atoms with Gasteiger partial charge in [0.2, 0.25) is 0 Å². The van der Waals surface area contributed by atoms with Gasteiger partial charge in [-0.15, -0.1) is 0 Å². The highest BCUT2D eigenvalue weighted by molar-refractivity contribution is 5.80. The van der Waals surface area contributed by atoms with Gasteiger partial charge in [-0.2, -0.15) is 61.5 Å². The van der Waals surface area contributed by atoms with Crippen LogP contribution in [0.15, 0.2) is 0 Å². The van der Waals surface area contributed by atoms with Crippen LogP contribution in [0.4, 0.5) is 61.5 Å². The summed E-state index contributed by atoms with van der Waals surface area (Å²) in [4.78, 5) is 11.0. The fourth-order valence-electron chi connectivity index (χ4n) is 1.59. The fraction of sp³-hybridized carbons (Fsp3) is 0.909. The molecule has 0 fully saturated rings. The molecule has 3 nitrogen and oxygen atoms in total. The molecule has 0 aliphatic heterocycles. The third-order valence-electron chi connectivity index (χ3n) is 3.24. The van der Waals surface area contributed by atoms with Crippen molar-refractivity contribution in [2.75, 3.05) is 6.61 Å². The topological polar surface area (TPSA) is 46.5 Å². The zero-order chi connectivity index (χ0) is 23.2. The lowest BCUT2D eigenvalue weighted by molar-refractivity contribution is -0.388. The summed E-state index contributed by atoms with van der Waals surface area (Å²) < 4.78 is 183. The Morgan fingerprint density at radius 1 is 0.750 bits per heavy atom. The summed E-state index contributed by atoms with van der Waals surface area (Å²) in [6, 6.07) is 0. The van der Waals surface area contributed by atoms with Crippen molar-refractivity contribution in [3.63, 3.8) is 0 Å². The lowest BCUT2D eigenvalue weighted by Gasteiger charge is -2.39. The molecular formula is C11H8F14O3. The number of aliphatic hydroxyl groups excluding tert-OH is 1. The average molecular weight is 454 g/mol. The number of esters is 1. The highest BCUT2D eigenvalue weighted by atomic mass is 19.4. The molecule has 1 N–H and O–H groups in total. The highest BCUT2D eigenvalue weighted by Gasteiger charge is 2.84. The first-order valence-electron chi connectivity index (χ1n) is 6.43. The van der Waals surface area contributed by atoms with Gasteiger partial charge < -0.3 is 9.84 Å². The number of aliphatic hydroxyl groups is 1. The minimum Gasteiger partial charge on any atom is -0.435 e. The molecule has 0 spiro atoms. The van der Waals surface area contributed by atoms with Crippen LogP contribution < -0.4 is 0 Å². The fourth-order valence-corrected chi connectivity index (χ4v) is 1.59. The molecule has 0 heterocycles. The van der Waals surface area contributed by atoms with Gasteiger partial charge in [0.1, 0.15) is 0 Å². The van der Waals surface area contributed by atoms with Crippen molar-refractivity contribution < 1.29 is 76.1 Å². The summed E-state index contributed by atoms with van der Waals surface area (Å²) in [5, 5.41) is 8.29. The lowest BCUT2D eigenvalue weighted by Crippen LogP contribution is -2.67. The van der Waals surface area contributed by atoms with Crippen LogP contribution in [0.1, 0.15) is 13.3 Å². The van der Waals surface area contributed by atoms with E-state index < -0.39 is 67.6 Å². The van der Waals surface area contributed by atoms with Crippen LogP contribution >= 0.6 is 0 Å². The first kappa shape index (κ1) is 26.4. The third kappa shape index (κ3) is 3.94. The van der Waals surface area contributed by atoms with E-state index in [2.05, 4.69) is 4.74 Å². The van der Waals surface area contributed by atoms with E-state index in [9.17, 15) is 66.3 Å². The molecule has 0 unspecified atom stereocenters. The summed E-state index contributed by atoms with van der Waals surface area (Å²) in [5.74, 6) is -32.4. The number of hydrogen-bond acceptors (Lipinski definition) is 3. The zero-order valence-corrected chi connectivity index (χ0v) is 13.0. The highest BCUT2D eigenvalue weighted by Crippen LogP contribution is 2.54. The predicted octanol–water partition coefficient (Wildman–Crippen LogP) is 4.34. The maximum Gasteiger partial charge on any atom is 0.437 e. The van der Waals surface area contributed by atoms with Crippen LogP contribution in [0.25, 0.3) is 0 Å². The molecule has 0 amide bonds. The summed E-state index contributed by atoms with van der Waals surface area (Å²) in [7, 11) is 0. The van der Waals surface area contributed by atoms with E-state index in [1.165, 1.54) is 0 Å². The van der Waals surface area contributed by atoms with E-state index in [1.807, 2.05) is 0 Å². The second-order valence-electron chi connectivity index (χ2n) is 5.30. The minimum absolute atomic E-state index is 1.02. The SMILES string of the molecule is CC(F)(F)C(F)(F)C(F)(F)C(F)(F)C(=O)OC(CCO)(C(F)(F)F)C(F)(F)F. The van der Waals surface area contributed by atoms with E-state index >= 15 is 0 Å². The Kier molecular flexibility index (Phi) is 6.66. The van der Waals surface area contributed by atoms with Gasteiger partial charge in [-0.25, -0.2) is 4.79 Å². The van der Waals surface area contributed by atoms with E-state index in [4.69, 9.17) is 5.11 Å². The molecule has 168 valence electrons.